The van der Waals surface area contributed by atoms with Crippen LogP contribution in [0.15, 0.2) is 24.3 Å². The lowest BCUT2D eigenvalue weighted by molar-refractivity contribution is 0.0786. The third-order valence-electron chi connectivity index (χ3n) is 8.24. The average Bonchev–Trinajstić information content (AvgIpc) is 3.45. The average molecular weight is 422 g/mol. The van der Waals surface area contributed by atoms with E-state index in [0.717, 1.165) is 76.3 Å². The molecule has 5 heteroatoms. The molecule has 1 amide bonds. The first kappa shape index (κ1) is 20.6. The van der Waals surface area contributed by atoms with E-state index in [1.165, 1.54) is 22.4 Å². The zero-order valence-corrected chi connectivity index (χ0v) is 19.2. The molecule has 1 aliphatic carbocycles. The predicted octanol–water partition coefficient (Wildman–Crippen LogP) is 3.95. The number of nitrogens with one attached hydrogen (secondary N) is 1. The summed E-state index contributed by atoms with van der Waals surface area (Å²) in [6.07, 6.45) is 5.41. The molecule has 0 radical (unpaired) electrons. The van der Waals surface area contributed by atoms with E-state index in [1.807, 2.05) is 11.0 Å². The number of H-pyrrole nitrogens is 1. The lowest BCUT2D eigenvalue weighted by Crippen LogP contribution is -2.53. The van der Waals surface area contributed by atoms with Crippen LogP contribution in [0.2, 0.25) is 0 Å². The standard InChI is InChI=1S/C26H35N3O2/c1-4-28-13-10-26(19-8-7-9-21(14-19)31-3)16-23-22(15-20(26)17-28)18(2)24(27-23)25(30)29-11-5-6-12-29/h7-9,14,20,27H,4-6,10-13,15-17H2,1-3H3/t20-,26+/m0/s1. The van der Waals surface area contributed by atoms with Gasteiger partial charge in [-0.2, -0.15) is 0 Å². The molecule has 0 spiro atoms. The predicted molar refractivity (Wildman–Crippen MR) is 123 cm³/mol. The molecule has 2 aliphatic heterocycles. The molecule has 2 saturated heterocycles. The second-order valence-corrected chi connectivity index (χ2v) is 9.69. The monoisotopic (exact) mass is 421 g/mol. The maximum Gasteiger partial charge on any atom is 0.270 e. The Morgan fingerprint density at radius 1 is 1.26 bits per heavy atom. The summed E-state index contributed by atoms with van der Waals surface area (Å²) in [5.74, 6) is 1.67. The lowest BCUT2D eigenvalue weighted by atomic mass is 9.58. The number of aromatic nitrogens is 1. The summed E-state index contributed by atoms with van der Waals surface area (Å²) in [7, 11) is 1.75. The minimum atomic E-state index is 0.0957. The molecule has 2 atom stereocenters. The minimum Gasteiger partial charge on any atom is -0.497 e. The van der Waals surface area contributed by atoms with Gasteiger partial charge in [-0.3, -0.25) is 4.79 Å². The van der Waals surface area contributed by atoms with Crippen LogP contribution in [0.1, 0.15) is 59.1 Å². The molecule has 3 heterocycles. The van der Waals surface area contributed by atoms with Gasteiger partial charge < -0.3 is 19.5 Å². The van der Waals surface area contributed by atoms with E-state index in [4.69, 9.17) is 4.74 Å². The Morgan fingerprint density at radius 3 is 2.81 bits per heavy atom. The zero-order valence-electron chi connectivity index (χ0n) is 19.2. The van der Waals surface area contributed by atoms with Crippen LogP contribution in [-0.4, -0.2) is 60.5 Å². The number of rotatable bonds is 4. The molecular weight excluding hydrogens is 386 g/mol. The number of carbonyl (C=O) groups excluding carboxylic acids is 1. The highest BCUT2D eigenvalue weighted by atomic mass is 16.5. The molecule has 166 valence electrons. The van der Waals surface area contributed by atoms with Crippen molar-refractivity contribution in [3.63, 3.8) is 0 Å². The molecule has 2 aromatic rings. The van der Waals surface area contributed by atoms with Crippen molar-refractivity contribution in [1.82, 2.24) is 14.8 Å². The minimum absolute atomic E-state index is 0.0957. The fourth-order valence-electron chi connectivity index (χ4n) is 6.31. The number of benzene rings is 1. The number of methoxy groups -OCH3 is 1. The first-order valence-electron chi connectivity index (χ1n) is 11.9. The van der Waals surface area contributed by atoms with Gasteiger partial charge >= 0.3 is 0 Å². The maximum absolute atomic E-state index is 13.2. The number of carbonyl (C=O) groups is 1. The summed E-state index contributed by atoms with van der Waals surface area (Å²) >= 11 is 0. The van der Waals surface area contributed by atoms with Crippen LogP contribution < -0.4 is 4.74 Å². The van der Waals surface area contributed by atoms with Gasteiger partial charge in [0, 0.05) is 30.7 Å². The molecule has 1 aromatic carbocycles. The zero-order chi connectivity index (χ0) is 21.6. The normalized spacial score (nSPS) is 25.9. The van der Waals surface area contributed by atoms with Gasteiger partial charge in [0.05, 0.1) is 7.11 Å². The Balaban J connectivity index is 1.55. The summed E-state index contributed by atoms with van der Waals surface area (Å²) < 4.78 is 5.58. The van der Waals surface area contributed by atoms with Crippen LogP contribution in [0.4, 0.5) is 0 Å². The van der Waals surface area contributed by atoms with Crippen LogP contribution >= 0.6 is 0 Å². The molecule has 0 unspecified atom stereocenters. The third-order valence-corrected chi connectivity index (χ3v) is 8.24. The molecule has 31 heavy (non-hydrogen) atoms. The van der Waals surface area contributed by atoms with Gasteiger partial charge in [-0.1, -0.05) is 19.1 Å². The quantitative estimate of drug-likeness (QED) is 0.813. The van der Waals surface area contributed by atoms with Crippen molar-refractivity contribution < 1.29 is 9.53 Å². The van der Waals surface area contributed by atoms with Crippen LogP contribution in [-0.2, 0) is 18.3 Å². The van der Waals surface area contributed by atoms with E-state index in [1.54, 1.807) is 7.11 Å². The number of fused-ring (bicyclic) bond motifs is 2. The largest absolute Gasteiger partial charge is 0.497 e. The van der Waals surface area contributed by atoms with Crippen LogP contribution in [0.25, 0.3) is 0 Å². The number of piperidine rings is 1. The van der Waals surface area contributed by atoms with Crippen LogP contribution in [0.5, 0.6) is 5.75 Å². The second kappa shape index (κ2) is 8.01. The van der Waals surface area contributed by atoms with Crippen molar-refractivity contribution in [1.29, 1.82) is 0 Å². The summed E-state index contributed by atoms with van der Waals surface area (Å²) in [4.78, 5) is 21.4. The number of nitrogens with zero attached hydrogens (tertiary/aromatic N) is 2. The Labute approximate surface area is 185 Å². The highest BCUT2D eigenvalue weighted by molar-refractivity contribution is 5.94. The van der Waals surface area contributed by atoms with Gasteiger partial charge in [0.15, 0.2) is 0 Å². The summed E-state index contributed by atoms with van der Waals surface area (Å²) in [5, 5.41) is 0. The number of hydrogen-bond donors (Lipinski definition) is 1. The highest BCUT2D eigenvalue weighted by Crippen LogP contribution is 2.49. The van der Waals surface area contributed by atoms with Crippen molar-refractivity contribution in [3.8, 4) is 5.75 Å². The molecule has 1 N–H and O–H groups in total. The first-order valence-corrected chi connectivity index (χ1v) is 11.9. The molecule has 3 aliphatic rings. The van der Waals surface area contributed by atoms with Crippen molar-refractivity contribution >= 4 is 5.91 Å². The molecule has 2 fully saturated rings. The maximum atomic E-state index is 13.2. The first-order chi connectivity index (χ1) is 15.1. The number of hydrogen-bond acceptors (Lipinski definition) is 3. The number of amides is 1. The Hall–Kier alpha value is -2.27. The van der Waals surface area contributed by atoms with E-state index < -0.39 is 0 Å². The van der Waals surface area contributed by atoms with Gasteiger partial charge in [-0.05, 0) is 86.9 Å². The topological polar surface area (TPSA) is 48.6 Å². The lowest BCUT2D eigenvalue weighted by Gasteiger charge is -2.51. The van der Waals surface area contributed by atoms with E-state index >= 15 is 0 Å². The van der Waals surface area contributed by atoms with E-state index in [2.05, 4.69) is 41.9 Å². The number of aromatic amines is 1. The fourth-order valence-corrected chi connectivity index (χ4v) is 6.31. The van der Waals surface area contributed by atoms with Crippen molar-refractivity contribution in [3.05, 3.63) is 52.3 Å². The third kappa shape index (κ3) is 3.38. The molecular formula is C26H35N3O2. The van der Waals surface area contributed by atoms with E-state index in [-0.39, 0.29) is 11.3 Å². The van der Waals surface area contributed by atoms with Crippen molar-refractivity contribution in [2.24, 2.45) is 5.92 Å². The van der Waals surface area contributed by atoms with Gasteiger partial charge in [-0.25, -0.2) is 0 Å². The molecule has 1 aromatic heterocycles. The summed E-state index contributed by atoms with van der Waals surface area (Å²) in [6.45, 7) is 9.54. The Bertz CT molecular complexity index is 975. The Kier molecular flexibility index (Phi) is 5.33. The summed E-state index contributed by atoms with van der Waals surface area (Å²) in [5.41, 5.74) is 6.17. The fraction of sp³-hybridized carbons (Fsp3) is 0.577. The second-order valence-electron chi connectivity index (χ2n) is 9.69. The smallest absolute Gasteiger partial charge is 0.270 e. The van der Waals surface area contributed by atoms with E-state index in [9.17, 15) is 4.79 Å². The van der Waals surface area contributed by atoms with Gasteiger partial charge in [0.1, 0.15) is 11.4 Å². The van der Waals surface area contributed by atoms with Gasteiger partial charge in [-0.15, -0.1) is 0 Å². The summed E-state index contributed by atoms with van der Waals surface area (Å²) in [6, 6.07) is 8.69. The Morgan fingerprint density at radius 2 is 2.06 bits per heavy atom. The molecule has 0 saturated carbocycles. The molecule has 5 rings (SSSR count). The number of likely N-dealkylation sites (tertiary alicyclic amines) is 2. The van der Waals surface area contributed by atoms with Crippen LogP contribution in [0, 0.1) is 12.8 Å². The SMILES string of the molecule is CCN1CC[C@]2(c3cccc(OC)c3)Cc3[nH]c(C(=O)N4CCCC4)c(C)c3C[C@H]2C1. The van der Waals surface area contributed by atoms with Gasteiger partial charge in [0.2, 0.25) is 0 Å². The van der Waals surface area contributed by atoms with Gasteiger partial charge in [0.25, 0.3) is 5.91 Å². The molecule has 0 bridgehead atoms. The van der Waals surface area contributed by atoms with E-state index in [0.29, 0.717) is 5.92 Å². The van der Waals surface area contributed by atoms with Crippen LogP contribution in [0.3, 0.4) is 0 Å². The highest BCUT2D eigenvalue weighted by Gasteiger charge is 2.48. The molecule has 5 nitrogen and oxygen atoms in total. The number of ether oxygens (including phenoxy) is 1. The van der Waals surface area contributed by atoms with Crippen molar-refractivity contribution in [2.45, 2.75) is 51.4 Å². The van der Waals surface area contributed by atoms with Crippen molar-refractivity contribution in [2.75, 3.05) is 39.8 Å².